The van der Waals surface area contributed by atoms with Crippen LogP contribution >= 0.6 is 0 Å². The lowest BCUT2D eigenvalue weighted by Crippen LogP contribution is -2.31. The summed E-state index contributed by atoms with van der Waals surface area (Å²) in [6.45, 7) is 0.286. The summed E-state index contributed by atoms with van der Waals surface area (Å²) in [6, 6.07) is 15.0. The number of amides is 1. The number of carbonyl (C=O) groups excluding carboxylic acids is 1. The van der Waals surface area contributed by atoms with E-state index in [1.165, 1.54) is 23.8 Å². The Kier molecular flexibility index (Phi) is 6.23. The van der Waals surface area contributed by atoms with Crippen molar-refractivity contribution in [2.75, 3.05) is 18.4 Å². The van der Waals surface area contributed by atoms with Gasteiger partial charge in [0.05, 0.1) is 12.1 Å². The minimum atomic E-state index is -4.45. The highest BCUT2D eigenvalue weighted by Gasteiger charge is 2.33. The van der Waals surface area contributed by atoms with Crippen molar-refractivity contribution < 1.29 is 18.0 Å². The summed E-state index contributed by atoms with van der Waals surface area (Å²) in [7, 11) is 0. The first-order chi connectivity index (χ1) is 11.5. The van der Waals surface area contributed by atoms with Crippen LogP contribution in [0.15, 0.2) is 54.6 Å². The molecule has 2 aromatic carbocycles. The zero-order chi connectivity index (χ0) is 17.4. The van der Waals surface area contributed by atoms with Gasteiger partial charge in [0.1, 0.15) is 0 Å². The number of rotatable bonds is 7. The highest BCUT2D eigenvalue weighted by molar-refractivity contribution is 5.80. The number of hydrogen-bond donors (Lipinski definition) is 2. The number of aryl methyl sites for hydroxylation is 1. The van der Waals surface area contributed by atoms with E-state index in [1.807, 2.05) is 30.3 Å². The van der Waals surface area contributed by atoms with Crippen molar-refractivity contribution in [3.8, 4) is 0 Å². The van der Waals surface area contributed by atoms with Crippen molar-refractivity contribution in [3.63, 3.8) is 0 Å². The number of carbonyl (C=O) groups is 1. The molecule has 0 aliphatic carbocycles. The van der Waals surface area contributed by atoms with Gasteiger partial charge in [0.15, 0.2) is 0 Å². The van der Waals surface area contributed by atoms with E-state index in [2.05, 4.69) is 10.6 Å². The molecule has 0 aliphatic heterocycles. The van der Waals surface area contributed by atoms with Crippen LogP contribution in [0, 0.1) is 0 Å². The Hall–Kier alpha value is -2.50. The molecule has 2 aromatic rings. The van der Waals surface area contributed by atoms with Crippen molar-refractivity contribution in [1.29, 1.82) is 0 Å². The van der Waals surface area contributed by atoms with Gasteiger partial charge in [-0.15, -0.1) is 0 Å². The third-order valence-corrected chi connectivity index (χ3v) is 3.48. The molecule has 24 heavy (non-hydrogen) atoms. The van der Waals surface area contributed by atoms with E-state index in [1.54, 1.807) is 0 Å². The summed E-state index contributed by atoms with van der Waals surface area (Å²) >= 11 is 0. The van der Waals surface area contributed by atoms with Gasteiger partial charge in [-0.2, -0.15) is 13.2 Å². The molecule has 0 heterocycles. The predicted molar refractivity (Wildman–Crippen MR) is 87.7 cm³/mol. The largest absolute Gasteiger partial charge is 0.418 e. The predicted octanol–water partition coefficient (Wildman–Crippen LogP) is 3.87. The third-order valence-electron chi connectivity index (χ3n) is 3.48. The maximum Gasteiger partial charge on any atom is 0.418 e. The molecule has 0 saturated heterocycles. The van der Waals surface area contributed by atoms with E-state index in [4.69, 9.17) is 0 Å². The second-order valence-electron chi connectivity index (χ2n) is 5.34. The molecule has 2 rings (SSSR count). The van der Waals surface area contributed by atoms with Crippen molar-refractivity contribution in [2.24, 2.45) is 0 Å². The lowest BCUT2D eigenvalue weighted by Gasteiger charge is -2.14. The van der Waals surface area contributed by atoms with Gasteiger partial charge >= 0.3 is 6.18 Å². The molecule has 2 N–H and O–H groups in total. The van der Waals surface area contributed by atoms with Crippen LogP contribution < -0.4 is 10.6 Å². The molecule has 6 heteroatoms. The van der Waals surface area contributed by atoms with Crippen LogP contribution in [0.1, 0.15) is 17.5 Å². The van der Waals surface area contributed by atoms with Crippen LogP contribution in [0.2, 0.25) is 0 Å². The first kappa shape index (κ1) is 17.8. The fraction of sp³-hybridized carbons (Fsp3) is 0.278. The number of hydrogen-bond acceptors (Lipinski definition) is 2. The molecule has 0 atom stereocenters. The van der Waals surface area contributed by atoms with E-state index in [-0.39, 0.29) is 18.1 Å². The van der Waals surface area contributed by atoms with Crippen molar-refractivity contribution in [2.45, 2.75) is 19.0 Å². The van der Waals surface area contributed by atoms with Gasteiger partial charge in [0.2, 0.25) is 5.91 Å². The molecule has 3 nitrogen and oxygen atoms in total. The van der Waals surface area contributed by atoms with Crippen LogP contribution in [-0.4, -0.2) is 19.0 Å². The van der Waals surface area contributed by atoms with Crippen molar-refractivity contribution in [3.05, 3.63) is 65.7 Å². The van der Waals surface area contributed by atoms with E-state index >= 15 is 0 Å². The first-order valence-corrected chi connectivity index (χ1v) is 7.67. The number of para-hydroxylation sites is 1. The second-order valence-corrected chi connectivity index (χ2v) is 5.34. The van der Waals surface area contributed by atoms with E-state index in [0.717, 1.165) is 18.9 Å². The fourth-order valence-corrected chi connectivity index (χ4v) is 2.29. The molecule has 0 unspecified atom stereocenters. The van der Waals surface area contributed by atoms with E-state index in [9.17, 15) is 18.0 Å². The maximum atomic E-state index is 12.8. The van der Waals surface area contributed by atoms with Crippen LogP contribution in [-0.2, 0) is 17.4 Å². The topological polar surface area (TPSA) is 41.1 Å². The smallest absolute Gasteiger partial charge is 0.376 e. The SMILES string of the molecule is O=C(CNc1ccccc1C(F)(F)F)NCCCc1ccccc1. The maximum absolute atomic E-state index is 12.8. The zero-order valence-corrected chi connectivity index (χ0v) is 13.1. The molecule has 0 saturated carbocycles. The van der Waals surface area contributed by atoms with Gasteiger partial charge < -0.3 is 10.6 Å². The Morgan fingerprint density at radius 1 is 0.958 bits per heavy atom. The summed E-state index contributed by atoms with van der Waals surface area (Å²) in [4.78, 5) is 11.7. The van der Waals surface area contributed by atoms with Gasteiger partial charge in [0.25, 0.3) is 0 Å². The van der Waals surface area contributed by atoms with Crippen molar-refractivity contribution in [1.82, 2.24) is 5.32 Å². The van der Waals surface area contributed by atoms with Gasteiger partial charge in [0, 0.05) is 12.2 Å². The van der Waals surface area contributed by atoms with E-state index in [0.29, 0.717) is 6.54 Å². The average molecular weight is 336 g/mol. The fourth-order valence-electron chi connectivity index (χ4n) is 2.29. The van der Waals surface area contributed by atoms with Crippen LogP contribution in [0.3, 0.4) is 0 Å². The minimum absolute atomic E-state index is 0.0931. The Morgan fingerprint density at radius 2 is 1.62 bits per heavy atom. The first-order valence-electron chi connectivity index (χ1n) is 7.67. The van der Waals surface area contributed by atoms with Crippen LogP contribution in [0.25, 0.3) is 0 Å². The molecule has 0 aromatic heterocycles. The molecule has 0 fully saturated rings. The summed E-state index contributed by atoms with van der Waals surface area (Å²) in [5, 5.41) is 5.24. The Labute approximate surface area is 138 Å². The quantitative estimate of drug-likeness (QED) is 0.754. The Morgan fingerprint density at radius 3 is 2.33 bits per heavy atom. The molecule has 0 aliphatic rings. The molecular formula is C18H19F3N2O. The van der Waals surface area contributed by atoms with Crippen LogP contribution in [0.4, 0.5) is 18.9 Å². The monoisotopic (exact) mass is 336 g/mol. The molecule has 0 bridgehead atoms. The lowest BCUT2D eigenvalue weighted by atomic mass is 10.1. The van der Waals surface area contributed by atoms with Gasteiger partial charge in [-0.1, -0.05) is 42.5 Å². The number of nitrogens with one attached hydrogen (secondary N) is 2. The molecule has 128 valence electrons. The summed E-state index contributed by atoms with van der Waals surface area (Å²) in [6.07, 6.45) is -2.84. The van der Waals surface area contributed by atoms with Crippen molar-refractivity contribution >= 4 is 11.6 Å². The lowest BCUT2D eigenvalue weighted by molar-refractivity contribution is -0.137. The molecule has 1 amide bonds. The minimum Gasteiger partial charge on any atom is -0.376 e. The highest BCUT2D eigenvalue weighted by atomic mass is 19.4. The van der Waals surface area contributed by atoms with Gasteiger partial charge in [-0.25, -0.2) is 0 Å². The highest BCUT2D eigenvalue weighted by Crippen LogP contribution is 2.34. The zero-order valence-electron chi connectivity index (χ0n) is 13.1. The molecule has 0 radical (unpaired) electrons. The second kappa shape index (κ2) is 8.38. The van der Waals surface area contributed by atoms with Gasteiger partial charge in [-0.05, 0) is 30.5 Å². The Bertz CT molecular complexity index is 657. The summed E-state index contributed by atoms with van der Waals surface area (Å²) in [5.74, 6) is -0.333. The van der Waals surface area contributed by atoms with Gasteiger partial charge in [-0.3, -0.25) is 4.79 Å². The number of halogens is 3. The standard InChI is InChI=1S/C18H19F3N2O/c19-18(20,21)15-10-4-5-11-16(15)23-13-17(24)22-12-6-9-14-7-2-1-3-8-14/h1-5,7-8,10-11,23H,6,9,12-13H2,(H,22,24). The third kappa shape index (κ3) is 5.61. The molecule has 0 spiro atoms. The number of alkyl halides is 3. The van der Waals surface area contributed by atoms with Crippen LogP contribution in [0.5, 0.6) is 0 Å². The average Bonchev–Trinajstić information content (AvgIpc) is 2.57. The van der Waals surface area contributed by atoms with E-state index < -0.39 is 11.7 Å². The molecular weight excluding hydrogens is 317 g/mol. The summed E-state index contributed by atoms with van der Waals surface area (Å²) in [5.41, 5.74) is 0.315. The summed E-state index contributed by atoms with van der Waals surface area (Å²) < 4.78 is 38.5. The number of benzene rings is 2. The number of anilines is 1. The normalized spacial score (nSPS) is 11.1. The Balaban J connectivity index is 1.74.